The van der Waals surface area contributed by atoms with Gasteiger partial charge >= 0.3 is 0 Å². The molecule has 2 atom stereocenters. The molecule has 0 radical (unpaired) electrons. The summed E-state index contributed by atoms with van der Waals surface area (Å²) in [4.78, 5) is 19.2. The van der Waals surface area contributed by atoms with E-state index < -0.39 is 0 Å². The molecule has 2 unspecified atom stereocenters. The number of nitrogens with zero attached hydrogens (tertiary/aromatic N) is 3. The highest BCUT2D eigenvalue weighted by atomic mass is 35.5. The normalized spacial score (nSPS) is 16.3. The molecule has 2 aromatic heterocycles. The van der Waals surface area contributed by atoms with Crippen molar-refractivity contribution in [2.75, 3.05) is 38.2 Å². The smallest absolute Gasteiger partial charge is 0.250 e. The Balaban J connectivity index is 1.67. The fourth-order valence-electron chi connectivity index (χ4n) is 5.51. The van der Waals surface area contributed by atoms with Crippen LogP contribution in [0.1, 0.15) is 34.7 Å². The summed E-state index contributed by atoms with van der Waals surface area (Å²) >= 11 is 12.4. The molecule has 5 rings (SSSR count). The molecule has 1 saturated heterocycles. The van der Waals surface area contributed by atoms with Gasteiger partial charge in [-0.15, -0.1) is 0 Å². The number of pyridine rings is 1. The number of halogens is 1. The number of aryl methyl sites for hydroxylation is 1. The Morgan fingerprint density at radius 3 is 2.50 bits per heavy atom. The molecule has 0 aliphatic carbocycles. The van der Waals surface area contributed by atoms with E-state index in [1.807, 2.05) is 54.6 Å². The van der Waals surface area contributed by atoms with Gasteiger partial charge in [0.15, 0.2) is 5.11 Å². The third-order valence-corrected chi connectivity index (χ3v) is 7.83. The highest BCUT2D eigenvalue weighted by Crippen LogP contribution is 2.45. The van der Waals surface area contributed by atoms with Gasteiger partial charge in [-0.1, -0.05) is 17.7 Å². The first-order chi connectivity index (χ1) is 20.3. The molecule has 1 aliphatic heterocycles. The maximum atomic E-state index is 12.4. The molecule has 0 saturated carbocycles. The maximum Gasteiger partial charge on any atom is 0.250 e. The second kappa shape index (κ2) is 12.4. The molecule has 1 aliphatic rings. The van der Waals surface area contributed by atoms with Crippen molar-refractivity contribution in [1.29, 1.82) is 0 Å². The van der Waals surface area contributed by atoms with Crippen molar-refractivity contribution >= 4 is 46.2 Å². The van der Waals surface area contributed by atoms with Crippen LogP contribution in [0.4, 0.5) is 11.4 Å². The third kappa shape index (κ3) is 5.53. The number of carbonyl (C=O) groups is 1. The van der Waals surface area contributed by atoms with E-state index in [9.17, 15) is 4.79 Å². The number of thiocarbonyl (C=S) groups is 1. The van der Waals surface area contributed by atoms with Gasteiger partial charge in [-0.2, -0.15) is 0 Å². The zero-order valence-electron chi connectivity index (χ0n) is 24.0. The Kier molecular flexibility index (Phi) is 8.67. The number of benzene rings is 2. The Bertz CT molecular complexity index is 1630. The average Bonchev–Trinajstić information content (AvgIpc) is 3.48. The number of rotatable bonds is 9. The largest absolute Gasteiger partial charge is 0.495 e. The zero-order valence-corrected chi connectivity index (χ0v) is 25.5. The number of aromatic nitrogens is 2. The second-order valence-electron chi connectivity index (χ2n) is 9.84. The lowest BCUT2D eigenvalue weighted by Crippen LogP contribution is -2.29. The van der Waals surface area contributed by atoms with Gasteiger partial charge in [0, 0.05) is 35.4 Å². The number of carbonyl (C=O) groups excluding carboxylic acids is 1. The summed E-state index contributed by atoms with van der Waals surface area (Å²) < 4.78 is 18.4. The van der Waals surface area contributed by atoms with E-state index in [0.29, 0.717) is 27.3 Å². The van der Waals surface area contributed by atoms with Crippen LogP contribution in [0.2, 0.25) is 5.02 Å². The van der Waals surface area contributed by atoms with E-state index in [0.717, 1.165) is 34.0 Å². The van der Waals surface area contributed by atoms with Crippen LogP contribution in [0.5, 0.6) is 11.5 Å². The van der Waals surface area contributed by atoms with E-state index in [1.54, 1.807) is 20.4 Å². The summed E-state index contributed by atoms with van der Waals surface area (Å²) in [6, 6.07) is 18.6. The highest BCUT2D eigenvalue weighted by molar-refractivity contribution is 7.80. The Morgan fingerprint density at radius 1 is 1.05 bits per heavy atom. The lowest BCUT2D eigenvalue weighted by Gasteiger charge is -2.29. The third-order valence-electron chi connectivity index (χ3n) is 7.28. The van der Waals surface area contributed by atoms with Crippen LogP contribution in [0.25, 0.3) is 5.69 Å². The number of hydrogen-bond donors (Lipinski definition) is 2. The van der Waals surface area contributed by atoms with Crippen LogP contribution in [0.15, 0.2) is 66.9 Å². The maximum absolute atomic E-state index is 12.4. The molecule has 1 amide bonds. The fourth-order valence-corrected chi connectivity index (χ4v) is 6.02. The van der Waals surface area contributed by atoms with Crippen molar-refractivity contribution in [1.82, 2.24) is 14.9 Å². The number of anilines is 2. The minimum Gasteiger partial charge on any atom is -0.495 e. The molecule has 42 heavy (non-hydrogen) atoms. The summed E-state index contributed by atoms with van der Waals surface area (Å²) in [7, 11) is 4.67. The molecule has 3 heterocycles. The van der Waals surface area contributed by atoms with E-state index in [-0.39, 0.29) is 24.6 Å². The molecule has 4 aromatic rings. The molecule has 0 spiro atoms. The predicted octanol–water partition coefficient (Wildman–Crippen LogP) is 5.92. The molecule has 0 bridgehead atoms. The standard InChI is InChI=1S/C31H32ClN5O4S/c1-18-14-22(19(2)36(18)25-15-20(32)9-11-27(25)41-5)30-29(23-8-6-7-13-33-23)35-31(42)37(30)21-10-12-26(40-4)24(16-21)34-28(38)17-39-3/h6-16,29-30H,17H2,1-5H3,(H,34,38)(H,35,42). The number of amides is 1. The first-order valence-corrected chi connectivity index (χ1v) is 14.1. The van der Waals surface area contributed by atoms with Crippen LogP contribution < -0.4 is 25.0 Å². The summed E-state index contributed by atoms with van der Waals surface area (Å²) in [5.41, 5.74) is 6.01. The van der Waals surface area contributed by atoms with E-state index >= 15 is 0 Å². The highest BCUT2D eigenvalue weighted by Gasteiger charge is 2.42. The van der Waals surface area contributed by atoms with Gasteiger partial charge in [0.1, 0.15) is 18.1 Å². The molecule has 1 fully saturated rings. The van der Waals surface area contributed by atoms with Gasteiger partial charge in [-0.25, -0.2) is 0 Å². The van der Waals surface area contributed by atoms with Crippen LogP contribution in [0.3, 0.4) is 0 Å². The first-order valence-electron chi connectivity index (χ1n) is 13.3. The SMILES string of the molecule is COCC(=O)Nc1cc(N2C(=S)NC(c3ccccn3)C2c2cc(C)n(-c3cc(Cl)ccc3OC)c2C)ccc1OC. The second-order valence-corrected chi connectivity index (χ2v) is 10.7. The minimum atomic E-state index is -0.294. The molecule has 9 nitrogen and oxygen atoms in total. The summed E-state index contributed by atoms with van der Waals surface area (Å²) in [6.07, 6.45) is 1.77. The molecular weight excluding hydrogens is 574 g/mol. The topological polar surface area (TPSA) is 89.9 Å². The Labute approximate surface area is 255 Å². The Morgan fingerprint density at radius 2 is 1.81 bits per heavy atom. The van der Waals surface area contributed by atoms with Gasteiger partial charge in [0.25, 0.3) is 0 Å². The number of methoxy groups -OCH3 is 3. The van der Waals surface area contributed by atoms with Gasteiger partial charge in [-0.3, -0.25) is 9.78 Å². The van der Waals surface area contributed by atoms with E-state index in [4.69, 9.17) is 38.0 Å². The van der Waals surface area contributed by atoms with Crippen molar-refractivity contribution in [3.05, 3.63) is 94.5 Å². The van der Waals surface area contributed by atoms with Crippen LogP contribution in [0, 0.1) is 13.8 Å². The van der Waals surface area contributed by atoms with Crippen molar-refractivity contribution < 1.29 is 19.0 Å². The minimum absolute atomic E-state index is 0.0829. The predicted molar refractivity (Wildman–Crippen MR) is 168 cm³/mol. The van der Waals surface area contributed by atoms with Crippen LogP contribution in [-0.4, -0.2) is 48.5 Å². The molecule has 2 aromatic carbocycles. The average molecular weight is 606 g/mol. The number of ether oxygens (including phenoxy) is 3. The summed E-state index contributed by atoms with van der Waals surface area (Å²) in [6.45, 7) is 4.04. The van der Waals surface area contributed by atoms with Crippen molar-refractivity contribution in [3.63, 3.8) is 0 Å². The van der Waals surface area contributed by atoms with Crippen LogP contribution >= 0.6 is 23.8 Å². The van der Waals surface area contributed by atoms with Gasteiger partial charge < -0.3 is 34.3 Å². The lowest BCUT2D eigenvalue weighted by atomic mass is 9.96. The van der Waals surface area contributed by atoms with Gasteiger partial charge in [0.2, 0.25) is 5.91 Å². The lowest BCUT2D eigenvalue weighted by molar-refractivity contribution is -0.119. The number of hydrogen-bond acceptors (Lipinski definition) is 6. The van der Waals surface area contributed by atoms with Crippen molar-refractivity contribution in [2.24, 2.45) is 0 Å². The van der Waals surface area contributed by atoms with Crippen molar-refractivity contribution in [3.8, 4) is 17.2 Å². The molecule has 218 valence electrons. The molecule has 11 heteroatoms. The van der Waals surface area contributed by atoms with E-state index in [1.165, 1.54) is 7.11 Å². The van der Waals surface area contributed by atoms with Crippen molar-refractivity contribution in [2.45, 2.75) is 25.9 Å². The molecular formula is C31H32ClN5O4S. The number of nitrogens with one attached hydrogen (secondary N) is 2. The van der Waals surface area contributed by atoms with Crippen LogP contribution in [-0.2, 0) is 9.53 Å². The van der Waals surface area contributed by atoms with E-state index in [2.05, 4.69) is 45.0 Å². The molecule has 2 N–H and O–H groups in total. The zero-order chi connectivity index (χ0) is 30.0. The first kappa shape index (κ1) is 29.4. The van der Waals surface area contributed by atoms with Gasteiger partial charge in [0.05, 0.1) is 43.4 Å². The quantitative estimate of drug-likeness (QED) is 0.227. The fraction of sp³-hybridized carbons (Fsp3) is 0.258. The summed E-state index contributed by atoms with van der Waals surface area (Å²) in [5, 5.41) is 7.52. The monoisotopic (exact) mass is 605 g/mol. The van der Waals surface area contributed by atoms with Gasteiger partial charge in [-0.05, 0) is 86.2 Å². The summed E-state index contributed by atoms with van der Waals surface area (Å²) in [5.74, 6) is 0.930. The Hall–Kier alpha value is -4.12.